The van der Waals surface area contributed by atoms with Crippen molar-refractivity contribution < 1.29 is 17.9 Å². The lowest BCUT2D eigenvalue weighted by Crippen LogP contribution is -2.38. The summed E-state index contributed by atoms with van der Waals surface area (Å²) in [5.41, 5.74) is 5.67. The van der Waals surface area contributed by atoms with Crippen LogP contribution in [0.1, 0.15) is 11.6 Å². The third-order valence-corrected chi connectivity index (χ3v) is 3.81. The standard InChI is InChI=1S/C11H14N2O4S2/c1-17-11(14)10(8-5-3-2-4-6-8)13-19(15,16)7-9(12)18/h2-6,10,13H,7H2,1H3,(H2,12,18). The third-order valence-electron chi connectivity index (χ3n) is 2.20. The van der Waals surface area contributed by atoms with Gasteiger partial charge in [0.2, 0.25) is 10.0 Å². The van der Waals surface area contributed by atoms with Crippen LogP contribution in [-0.2, 0) is 19.6 Å². The van der Waals surface area contributed by atoms with Crippen LogP contribution in [-0.4, -0.2) is 32.2 Å². The zero-order valence-electron chi connectivity index (χ0n) is 10.2. The average molecular weight is 302 g/mol. The number of ether oxygens (including phenoxy) is 1. The van der Waals surface area contributed by atoms with Gasteiger partial charge in [0.1, 0.15) is 11.8 Å². The number of hydrogen-bond donors (Lipinski definition) is 2. The van der Waals surface area contributed by atoms with Crippen LogP contribution in [0.5, 0.6) is 0 Å². The normalized spacial score (nSPS) is 12.7. The Balaban J connectivity index is 3.01. The van der Waals surface area contributed by atoms with E-state index < -0.39 is 27.8 Å². The smallest absolute Gasteiger partial charge is 0.328 e. The Morgan fingerprint density at radius 2 is 2.00 bits per heavy atom. The largest absolute Gasteiger partial charge is 0.468 e. The number of carbonyl (C=O) groups is 1. The molecule has 0 heterocycles. The Morgan fingerprint density at radius 3 is 2.47 bits per heavy atom. The quantitative estimate of drug-likeness (QED) is 0.571. The summed E-state index contributed by atoms with van der Waals surface area (Å²) >= 11 is 4.55. The van der Waals surface area contributed by atoms with Crippen LogP contribution >= 0.6 is 12.2 Å². The third kappa shape index (κ3) is 4.93. The van der Waals surface area contributed by atoms with Crippen LogP contribution in [0.3, 0.4) is 0 Å². The molecule has 0 bridgehead atoms. The van der Waals surface area contributed by atoms with Gasteiger partial charge in [0, 0.05) is 0 Å². The Hall–Kier alpha value is -1.51. The first-order chi connectivity index (χ1) is 8.85. The van der Waals surface area contributed by atoms with Crippen molar-refractivity contribution in [1.29, 1.82) is 0 Å². The number of nitrogens with one attached hydrogen (secondary N) is 1. The van der Waals surface area contributed by atoms with Gasteiger partial charge in [-0.25, -0.2) is 13.2 Å². The van der Waals surface area contributed by atoms with Gasteiger partial charge in [0.25, 0.3) is 0 Å². The molecule has 0 saturated heterocycles. The molecule has 104 valence electrons. The second-order valence-corrected chi connectivity index (χ2v) is 5.99. The van der Waals surface area contributed by atoms with E-state index in [1.54, 1.807) is 30.3 Å². The number of hydrogen-bond acceptors (Lipinski definition) is 5. The first-order valence-corrected chi connectivity index (χ1v) is 7.33. The minimum Gasteiger partial charge on any atom is -0.468 e. The summed E-state index contributed by atoms with van der Waals surface area (Å²) in [6.45, 7) is 0. The molecule has 0 radical (unpaired) electrons. The van der Waals surface area contributed by atoms with E-state index in [0.29, 0.717) is 5.56 Å². The molecule has 0 spiro atoms. The number of carbonyl (C=O) groups excluding carboxylic acids is 1. The van der Waals surface area contributed by atoms with Gasteiger partial charge in [0.05, 0.1) is 12.1 Å². The van der Waals surface area contributed by atoms with Crippen molar-refractivity contribution in [1.82, 2.24) is 4.72 Å². The van der Waals surface area contributed by atoms with Gasteiger partial charge in [-0.05, 0) is 5.56 Å². The van der Waals surface area contributed by atoms with Crippen LogP contribution in [0.15, 0.2) is 30.3 Å². The molecule has 6 nitrogen and oxygen atoms in total. The van der Waals surface area contributed by atoms with Crippen molar-refractivity contribution in [3.8, 4) is 0 Å². The van der Waals surface area contributed by atoms with E-state index in [-0.39, 0.29) is 4.99 Å². The van der Waals surface area contributed by atoms with Gasteiger partial charge in [-0.1, -0.05) is 42.5 Å². The number of rotatable bonds is 6. The van der Waals surface area contributed by atoms with Crippen molar-refractivity contribution in [3.63, 3.8) is 0 Å². The minimum absolute atomic E-state index is 0.177. The van der Waals surface area contributed by atoms with Gasteiger partial charge >= 0.3 is 5.97 Å². The molecule has 1 atom stereocenters. The lowest BCUT2D eigenvalue weighted by molar-refractivity contribution is -0.142. The molecular weight excluding hydrogens is 288 g/mol. The molecule has 0 aliphatic carbocycles. The molecule has 0 aliphatic heterocycles. The van der Waals surface area contributed by atoms with Gasteiger partial charge in [-0.3, -0.25) is 0 Å². The second kappa shape index (κ2) is 6.60. The molecule has 0 saturated carbocycles. The first-order valence-electron chi connectivity index (χ1n) is 5.27. The van der Waals surface area contributed by atoms with E-state index in [0.717, 1.165) is 0 Å². The zero-order chi connectivity index (χ0) is 14.5. The van der Waals surface area contributed by atoms with E-state index in [2.05, 4.69) is 21.7 Å². The molecule has 0 aliphatic rings. The van der Waals surface area contributed by atoms with Crippen LogP contribution in [0, 0.1) is 0 Å². The highest BCUT2D eigenvalue weighted by molar-refractivity contribution is 7.92. The molecule has 19 heavy (non-hydrogen) atoms. The summed E-state index contributed by atoms with van der Waals surface area (Å²) < 4.78 is 30.3. The number of thiocarbonyl (C=S) groups is 1. The fourth-order valence-corrected chi connectivity index (χ4v) is 2.94. The fraction of sp³-hybridized carbons (Fsp3) is 0.273. The number of esters is 1. The van der Waals surface area contributed by atoms with Gasteiger partial charge in [-0.2, -0.15) is 4.72 Å². The predicted molar refractivity (Wildman–Crippen MR) is 74.9 cm³/mol. The van der Waals surface area contributed by atoms with Crippen molar-refractivity contribution in [3.05, 3.63) is 35.9 Å². The monoisotopic (exact) mass is 302 g/mol. The van der Waals surface area contributed by atoms with E-state index in [9.17, 15) is 13.2 Å². The molecule has 1 aromatic rings. The van der Waals surface area contributed by atoms with Gasteiger partial charge in [0.15, 0.2) is 0 Å². The molecule has 1 aromatic carbocycles. The van der Waals surface area contributed by atoms with Crippen molar-refractivity contribution >= 4 is 33.2 Å². The SMILES string of the molecule is COC(=O)C(NS(=O)(=O)CC(N)=S)c1ccccc1. The summed E-state index contributed by atoms with van der Waals surface area (Å²) in [7, 11) is -2.62. The van der Waals surface area contributed by atoms with E-state index >= 15 is 0 Å². The van der Waals surface area contributed by atoms with Crippen molar-refractivity contribution in [2.45, 2.75) is 6.04 Å². The molecular formula is C11H14N2O4S2. The fourth-order valence-electron chi connectivity index (χ4n) is 1.42. The Labute approximate surface area is 117 Å². The average Bonchev–Trinajstić information content (AvgIpc) is 2.34. The summed E-state index contributed by atoms with van der Waals surface area (Å²) in [5.74, 6) is -1.24. The van der Waals surface area contributed by atoms with E-state index in [1.807, 2.05) is 0 Å². The van der Waals surface area contributed by atoms with E-state index in [1.165, 1.54) is 7.11 Å². The maximum atomic E-state index is 11.8. The highest BCUT2D eigenvalue weighted by atomic mass is 32.2. The van der Waals surface area contributed by atoms with E-state index in [4.69, 9.17) is 5.73 Å². The summed E-state index contributed by atoms with van der Waals surface area (Å²) in [4.78, 5) is 11.5. The minimum atomic E-state index is -3.80. The molecule has 8 heteroatoms. The van der Waals surface area contributed by atoms with Gasteiger partial charge in [-0.15, -0.1) is 0 Å². The van der Waals surface area contributed by atoms with Crippen LogP contribution in [0.25, 0.3) is 0 Å². The Kier molecular flexibility index (Phi) is 5.40. The van der Waals surface area contributed by atoms with Crippen LogP contribution in [0.4, 0.5) is 0 Å². The molecule has 1 rings (SSSR count). The number of benzene rings is 1. The number of sulfonamides is 1. The lowest BCUT2D eigenvalue weighted by Gasteiger charge is -2.16. The Morgan fingerprint density at radius 1 is 1.42 bits per heavy atom. The number of methoxy groups -OCH3 is 1. The summed E-state index contributed by atoms with van der Waals surface area (Å²) in [6, 6.07) is 7.24. The summed E-state index contributed by atoms with van der Waals surface area (Å²) in [6.07, 6.45) is 0. The predicted octanol–water partition coefficient (Wildman–Crippen LogP) is 0.106. The van der Waals surface area contributed by atoms with Crippen LogP contribution < -0.4 is 10.5 Å². The maximum absolute atomic E-state index is 11.8. The topological polar surface area (TPSA) is 98.5 Å². The molecule has 1 unspecified atom stereocenters. The Bertz CT molecular complexity index is 557. The second-order valence-electron chi connectivity index (χ2n) is 3.71. The van der Waals surface area contributed by atoms with Crippen LogP contribution in [0.2, 0.25) is 0 Å². The van der Waals surface area contributed by atoms with Crippen molar-refractivity contribution in [2.75, 3.05) is 12.9 Å². The lowest BCUT2D eigenvalue weighted by atomic mass is 10.1. The zero-order valence-corrected chi connectivity index (χ0v) is 11.8. The first kappa shape index (κ1) is 15.5. The highest BCUT2D eigenvalue weighted by Gasteiger charge is 2.27. The molecule has 0 aromatic heterocycles. The molecule has 0 fully saturated rings. The molecule has 0 amide bonds. The maximum Gasteiger partial charge on any atom is 0.328 e. The number of nitrogens with two attached hydrogens (primary N) is 1. The van der Waals surface area contributed by atoms with Crippen molar-refractivity contribution in [2.24, 2.45) is 5.73 Å². The highest BCUT2D eigenvalue weighted by Crippen LogP contribution is 2.15. The molecule has 3 N–H and O–H groups in total. The summed E-state index contributed by atoms with van der Waals surface area (Å²) in [5, 5.41) is 0. The van der Waals surface area contributed by atoms with Gasteiger partial charge < -0.3 is 10.5 Å².